The Kier molecular flexibility index (Phi) is 5.53. The highest BCUT2D eigenvalue weighted by Gasteiger charge is 2.39. The summed E-state index contributed by atoms with van der Waals surface area (Å²) in [6.45, 7) is 0.116. The molecule has 0 saturated heterocycles. The predicted octanol–water partition coefficient (Wildman–Crippen LogP) is 3.59. The Morgan fingerprint density at radius 3 is 2.59 bits per heavy atom. The molecule has 0 amide bonds. The minimum absolute atomic E-state index is 0.00221. The van der Waals surface area contributed by atoms with Gasteiger partial charge in [-0.3, -0.25) is 0 Å². The number of fused-ring (bicyclic) bond motifs is 1. The Morgan fingerprint density at radius 2 is 1.93 bits per heavy atom. The summed E-state index contributed by atoms with van der Waals surface area (Å²) < 4.78 is 70.0. The summed E-state index contributed by atoms with van der Waals surface area (Å²) in [4.78, 5) is -0.555. The SMILES string of the molecule is NCC1c2ccccc2CCN1S(=O)(=O)c1ccc(Br)cc1OC(F)(F)F. The minimum atomic E-state index is -5.02. The Bertz CT molecular complexity index is 951. The van der Waals surface area contributed by atoms with Gasteiger partial charge in [0, 0.05) is 17.6 Å². The maximum absolute atomic E-state index is 13.2. The summed E-state index contributed by atoms with van der Waals surface area (Å²) in [6, 6.07) is 10.1. The molecule has 1 aliphatic heterocycles. The molecule has 0 radical (unpaired) electrons. The van der Waals surface area contributed by atoms with Crippen LogP contribution in [-0.4, -0.2) is 32.2 Å². The van der Waals surface area contributed by atoms with Crippen LogP contribution in [0.4, 0.5) is 13.2 Å². The maximum Gasteiger partial charge on any atom is 0.573 e. The number of nitrogens with zero attached hydrogens (tertiary/aromatic N) is 1. The molecule has 10 heteroatoms. The average molecular weight is 465 g/mol. The monoisotopic (exact) mass is 464 g/mol. The highest BCUT2D eigenvalue weighted by atomic mass is 79.9. The summed E-state index contributed by atoms with van der Waals surface area (Å²) in [5, 5.41) is 0. The van der Waals surface area contributed by atoms with Crippen molar-refractivity contribution in [2.75, 3.05) is 13.1 Å². The molecule has 0 saturated carbocycles. The standard InChI is InChI=1S/C17H16BrF3N2O3S/c18-12-5-6-16(15(9-12)26-17(19,20)21)27(24,25)23-8-7-11-3-1-2-4-13(11)14(23)10-22/h1-6,9,14H,7-8,10,22H2. The summed E-state index contributed by atoms with van der Waals surface area (Å²) in [5.74, 6) is -0.786. The van der Waals surface area contributed by atoms with E-state index < -0.39 is 33.1 Å². The Hall–Kier alpha value is -1.62. The second kappa shape index (κ2) is 7.42. The van der Waals surface area contributed by atoms with Gasteiger partial charge in [0.05, 0.1) is 6.04 Å². The molecule has 0 bridgehead atoms. The Balaban J connectivity index is 2.07. The molecule has 1 atom stereocenters. The quantitative estimate of drug-likeness (QED) is 0.750. The highest BCUT2D eigenvalue weighted by molar-refractivity contribution is 9.10. The van der Waals surface area contributed by atoms with E-state index in [1.807, 2.05) is 12.1 Å². The van der Waals surface area contributed by atoms with Crippen molar-refractivity contribution in [1.82, 2.24) is 4.31 Å². The fourth-order valence-corrected chi connectivity index (χ4v) is 5.24. The molecule has 1 heterocycles. The van der Waals surface area contributed by atoms with E-state index in [0.29, 0.717) is 6.42 Å². The van der Waals surface area contributed by atoms with Gasteiger partial charge in [0.2, 0.25) is 10.0 Å². The Morgan fingerprint density at radius 1 is 1.22 bits per heavy atom. The molecular weight excluding hydrogens is 449 g/mol. The minimum Gasteiger partial charge on any atom is -0.404 e. The molecule has 3 rings (SSSR count). The fourth-order valence-electron chi connectivity index (χ4n) is 3.19. The van der Waals surface area contributed by atoms with Crippen LogP contribution in [0.25, 0.3) is 0 Å². The first-order valence-electron chi connectivity index (χ1n) is 7.98. The van der Waals surface area contributed by atoms with E-state index in [1.165, 1.54) is 6.07 Å². The molecule has 5 nitrogen and oxygen atoms in total. The van der Waals surface area contributed by atoms with Crippen molar-refractivity contribution >= 4 is 26.0 Å². The number of ether oxygens (including phenoxy) is 1. The molecule has 0 aliphatic carbocycles. The van der Waals surface area contributed by atoms with Crippen molar-refractivity contribution in [2.24, 2.45) is 5.73 Å². The zero-order valence-corrected chi connectivity index (χ0v) is 16.3. The van der Waals surface area contributed by atoms with Gasteiger partial charge in [0.1, 0.15) is 4.90 Å². The van der Waals surface area contributed by atoms with Crippen LogP contribution < -0.4 is 10.5 Å². The van der Waals surface area contributed by atoms with Gasteiger partial charge in [0.15, 0.2) is 5.75 Å². The first kappa shape index (κ1) is 20.1. The zero-order chi connectivity index (χ0) is 19.8. The van der Waals surface area contributed by atoms with Crippen molar-refractivity contribution in [3.05, 3.63) is 58.1 Å². The van der Waals surface area contributed by atoms with Crippen molar-refractivity contribution in [1.29, 1.82) is 0 Å². The molecule has 2 aromatic rings. The van der Waals surface area contributed by atoms with E-state index in [-0.39, 0.29) is 17.6 Å². The van der Waals surface area contributed by atoms with Gasteiger partial charge < -0.3 is 10.5 Å². The van der Waals surface area contributed by atoms with Crippen molar-refractivity contribution in [3.63, 3.8) is 0 Å². The van der Waals surface area contributed by atoms with Crippen molar-refractivity contribution in [2.45, 2.75) is 23.7 Å². The molecule has 2 N–H and O–H groups in total. The normalized spacial score (nSPS) is 18.2. The van der Waals surface area contributed by atoms with E-state index in [4.69, 9.17) is 5.73 Å². The maximum atomic E-state index is 13.2. The topological polar surface area (TPSA) is 72.6 Å². The third-order valence-electron chi connectivity index (χ3n) is 4.30. The molecule has 0 fully saturated rings. The molecular formula is C17H16BrF3N2O3S. The molecule has 2 aromatic carbocycles. The van der Waals surface area contributed by atoms with Gasteiger partial charge in [-0.1, -0.05) is 40.2 Å². The summed E-state index contributed by atoms with van der Waals surface area (Å²) in [6.07, 6.45) is -4.58. The number of nitrogens with two attached hydrogens (primary N) is 1. The van der Waals surface area contributed by atoms with Crippen LogP contribution in [-0.2, 0) is 16.4 Å². The number of benzene rings is 2. The number of hydrogen-bond acceptors (Lipinski definition) is 4. The summed E-state index contributed by atoms with van der Waals surface area (Å²) in [5.41, 5.74) is 7.55. The predicted molar refractivity (Wildman–Crippen MR) is 96.7 cm³/mol. The molecule has 27 heavy (non-hydrogen) atoms. The van der Waals surface area contributed by atoms with Crippen LogP contribution >= 0.6 is 15.9 Å². The second-order valence-electron chi connectivity index (χ2n) is 5.95. The van der Waals surface area contributed by atoms with Crippen LogP contribution in [0.1, 0.15) is 17.2 Å². The smallest absolute Gasteiger partial charge is 0.404 e. The van der Waals surface area contributed by atoms with Gasteiger partial charge in [0.25, 0.3) is 0 Å². The van der Waals surface area contributed by atoms with E-state index in [9.17, 15) is 21.6 Å². The van der Waals surface area contributed by atoms with E-state index in [2.05, 4.69) is 20.7 Å². The fraction of sp³-hybridized carbons (Fsp3) is 0.294. The lowest BCUT2D eigenvalue weighted by atomic mass is 9.94. The lowest BCUT2D eigenvalue weighted by Gasteiger charge is -2.36. The van der Waals surface area contributed by atoms with E-state index >= 15 is 0 Å². The number of alkyl halides is 3. The lowest BCUT2D eigenvalue weighted by molar-refractivity contribution is -0.275. The Labute approximate surface area is 163 Å². The van der Waals surface area contributed by atoms with Gasteiger partial charge >= 0.3 is 6.36 Å². The van der Waals surface area contributed by atoms with Crippen LogP contribution in [0.2, 0.25) is 0 Å². The number of rotatable bonds is 4. The third kappa shape index (κ3) is 4.13. The van der Waals surface area contributed by atoms with Crippen LogP contribution in [0.3, 0.4) is 0 Å². The number of halogens is 4. The van der Waals surface area contributed by atoms with Crippen LogP contribution in [0.5, 0.6) is 5.75 Å². The first-order valence-corrected chi connectivity index (χ1v) is 10.2. The summed E-state index contributed by atoms with van der Waals surface area (Å²) >= 11 is 3.04. The van der Waals surface area contributed by atoms with Crippen molar-refractivity contribution in [3.8, 4) is 5.75 Å². The lowest BCUT2D eigenvalue weighted by Crippen LogP contribution is -2.43. The van der Waals surface area contributed by atoms with Crippen LogP contribution in [0, 0.1) is 0 Å². The molecule has 0 aromatic heterocycles. The van der Waals surface area contributed by atoms with Gasteiger partial charge in [-0.05, 0) is 35.7 Å². The number of hydrogen-bond donors (Lipinski definition) is 1. The van der Waals surface area contributed by atoms with E-state index in [0.717, 1.165) is 27.6 Å². The first-order chi connectivity index (χ1) is 12.6. The third-order valence-corrected chi connectivity index (χ3v) is 6.75. The molecule has 1 unspecified atom stereocenters. The summed E-state index contributed by atoms with van der Waals surface area (Å²) in [7, 11) is -4.28. The van der Waals surface area contributed by atoms with Crippen LogP contribution in [0.15, 0.2) is 51.8 Å². The van der Waals surface area contributed by atoms with E-state index in [1.54, 1.807) is 12.1 Å². The van der Waals surface area contributed by atoms with Gasteiger partial charge in [-0.15, -0.1) is 13.2 Å². The average Bonchev–Trinajstić information content (AvgIpc) is 2.59. The van der Waals surface area contributed by atoms with Crippen molar-refractivity contribution < 1.29 is 26.3 Å². The molecule has 1 aliphatic rings. The number of sulfonamides is 1. The largest absolute Gasteiger partial charge is 0.573 e. The molecule has 0 spiro atoms. The highest BCUT2D eigenvalue weighted by Crippen LogP contribution is 2.38. The second-order valence-corrected chi connectivity index (χ2v) is 8.73. The van der Waals surface area contributed by atoms with Gasteiger partial charge in [-0.2, -0.15) is 4.31 Å². The van der Waals surface area contributed by atoms with Gasteiger partial charge in [-0.25, -0.2) is 8.42 Å². The molecule has 146 valence electrons. The zero-order valence-electron chi connectivity index (χ0n) is 13.9.